The van der Waals surface area contributed by atoms with Crippen LogP contribution in [0.5, 0.6) is 0 Å². The average molecular weight is 320 g/mol. The normalized spacial score (nSPS) is 41.1. The van der Waals surface area contributed by atoms with Crippen molar-refractivity contribution >= 4 is 11.8 Å². The molecule has 4 fully saturated rings. The van der Waals surface area contributed by atoms with E-state index in [1.54, 1.807) is 0 Å². The van der Waals surface area contributed by atoms with Gasteiger partial charge in [-0.05, 0) is 38.6 Å². The Kier molecular flexibility index (Phi) is 4.18. The summed E-state index contributed by atoms with van der Waals surface area (Å²) in [6.45, 7) is 3.97. The monoisotopic (exact) mass is 320 g/mol. The smallest absolute Gasteiger partial charge is 0.305 e. The van der Waals surface area contributed by atoms with Crippen molar-refractivity contribution in [2.45, 2.75) is 88.6 Å². The van der Waals surface area contributed by atoms with Gasteiger partial charge in [-0.3, -0.25) is 19.4 Å². The van der Waals surface area contributed by atoms with Crippen LogP contribution in [-0.4, -0.2) is 64.9 Å². The van der Waals surface area contributed by atoms with Gasteiger partial charge in [0.1, 0.15) is 11.9 Å². The molecule has 5 unspecified atom stereocenters. The van der Waals surface area contributed by atoms with E-state index in [0.29, 0.717) is 30.3 Å². The molecule has 2 bridgehead atoms. The zero-order chi connectivity index (χ0) is 16.0. The Hall–Kier alpha value is -0.940. The van der Waals surface area contributed by atoms with Gasteiger partial charge in [0.15, 0.2) is 0 Å². The van der Waals surface area contributed by atoms with E-state index in [4.69, 9.17) is 4.74 Å². The Morgan fingerprint density at radius 2 is 1.83 bits per heavy atom. The second kappa shape index (κ2) is 6.17. The molecule has 0 amide bonds. The second-order valence-electron chi connectivity index (χ2n) is 7.72. The van der Waals surface area contributed by atoms with Crippen LogP contribution in [0.25, 0.3) is 0 Å². The molecule has 23 heavy (non-hydrogen) atoms. The summed E-state index contributed by atoms with van der Waals surface area (Å²) in [5.41, 5.74) is 0. The Morgan fingerprint density at radius 3 is 2.61 bits per heavy atom. The highest BCUT2D eigenvalue weighted by Gasteiger charge is 2.49. The van der Waals surface area contributed by atoms with Gasteiger partial charge in [-0.15, -0.1) is 0 Å². The molecule has 128 valence electrons. The maximum atomic E-state index is 12.3. The highest BCUT2D eigenvalue weighted by Crippen LogP contribution is 2.41. The predicted octanol–water partition coefficient (Wildman–Crippen LogP) is 1.74. The van der Waals surface area contributed by atoms with Crippen molar-refractivity contribution in [2.24, 2.45) is 0 Å². The fraction of sp³-hybridized carbons (Fsp3) is 0.889. The molecule has 5 atom stereocenters. The van der Waals surface area contributed by atoms with Crippen molar-refractivity contribution in [3.8, 4) is 0 Å². The summed E-state index contributed by atoms with van der Waals surface area (Å²) in [4.78, 5) is 29.0. The number of esters is 1. The Morgan fingerprint density at radius 1 is 1.09 bits per heavy atom. The number of carbonyl (C=O) groups excluding carboxylic acids is 2. The molecular formula is C18H28N2O3. The lowest BCUT2D eigenvalue weighted by atomic mass is 9.76. The zero-order valence-corrected chi connectivity index (χ0v) is 14.1. The first-order valence-electron chi connectivity index (χ1n) is 9.39. The highest BCUT2D eigenvalue weighted by molar-refractivity contribution is 5.85. The molecule has 0 N–H and O–H groups in total. The minimum atomic E-state index is -0.0684. The van der Waals surface area contributed by atoms with E-state index in [2.05, 4.69) is 9.80 Å². The summed E-state index contributed by atoms with van der Waals surface area (Å²) >= 11 is 0. The third-order valence-corrected chi connectivity index (χ3v) is 6.43. The van der Waals surface area contributed by atoms with Gasteiger partial charge in [-0.25, -0.2) is 0 Å². The van der Waals surface area contributed by atoms with Crippen molar-refractivity contribution in [1.29, 1.82) is 0 Å². The topological polar surface area (TPSA) is 49.9 Å². The van der Waals surface area contributed by atoms with Crippen LogP contribution in [0, 0.1) is 0 Å². The van der Waals surface area contributed by atoms with Gasteiger partial charge in [-0.2, -0.15) is 0 Å². The minimum Gasteiger partial charge on any atom is -0.462 e. The maximum absolute atomic E-state index is 12.3. The van der Waals surface area contributed by atoms with Crippen LogP contribution >= 0.6 is 0 Å². The van der Waals surface area contributed by atoms with Gasteiger partial charge in [0.05, 0.1) is 6.04 Å². The first kappa shape index (κ1) is 15.6. The number of hydrogen-bond donors (Lipinski definition) is 0. The fourth-order valence-corrected chi connectivity index (χ4v) is 5.39. The Bertz CT molecular complexity index is 495. The van der Waals surface area contributed by atoms with Crippen LogP contribution in [0.1, 0.15) is 58.3 Å². The van der Waals surface area contributed by atoms with Gasteiger partial charge < -0.3 is 4.74 Å². The highest BCUT2D eigenvalue weighted by atomic mass is 16.5. The van der Waals surface area contributed by atoms with Crippen molar-refractivity contribution in [3.05, 3.63) is 0 Å². The summed E-state index contributed by atoms with van der Waals surface area (Å²) < 4.78 is 5.60. The third-order valence-electron chi connectivity index (χ3n) is 6.43. The second-order valence-corrected chi connectivity index (χ2v) is 7.72. The fourth-order valence-electron chi connectivity index (χ4n) is 5.39. The average Bonchev–Trinajstić information content (AvgIpc) is 2.55. The standard InChI is InChI=1S/C18H28N2O3/c1-2-18(22)23-15-5-7-19-13(10-15)8-12-9-14(19)11-16-17(21)4-3-6-20(12)16/h12-16H,2-11H2,1H3. The van der Waals surface area contributed by atoms with Gasteiger partial charge in [0.25, 0.3) is 0 Å². The van der Waals surface area contributed by atoms with Crippen molar-refractivity contribution < 1.29 is 14.3 Å². The van der Waals surface area contributed by atoms with E-state index >= 15 is 0 Å². The van der Waals surface area contributed by atoms with Crippen molar-refractivity contribution in [3.63, 3.8) is 0 Å². The van der Waals surface area contributed by atoms with E-state index < -0.39 is 0 Å². The van der Waals surface area contributed by atoms with E-state index in [-0.39, 0.29) is 18.1 Å². The molecule has 0 aromatic rings. The molecule has 4 rings (SSSR count). The molecule has 4 heterocycles. The molecule has 4 saturated heterocycles. The molecule has 0 saturated carbocycles. The Labute approximate surface area is 138 Å². The van der Waals surface area contributed by atoms with Crippen LogP contribution in [-0.2, 0) is 14.3 Å². The number of piperidine rings is 4. The zero-order valence-electron chi connectivity index (χ0n) is 14.1. The van der Waals surface area contributed by atoms with E-state index in [1.807, 2.05) is 6.92 Å². The quantitative estimate of drug-likeness (QED) is 0.726. The molecule has 0 aliphatic carbocycles. The first-order valence-corrected chi connectivity index (χ1v) is 9.39. The van der Waals surface area contributed by atoms with Gasteiger partial charge >= 0.3 is 5.97 Å². The van der Waals surface area contributed by atoms with Gasteiger partial charge in [0.2, 0.25) is 0 Å². The first-order chi connectivity index (χ1) is 11.2. The number of rotatable bonds is 2. The van der Waals surface area contributed by atoms with Crippen LogP contribution < -0.4 is 0 Å². The van der Waals surface area contributed by atoms with E-state index in [0.717, 1.165) is 51.6 Å². The van der Waals surface area contributed by atoms with E-state index in [1.165, 1.54) is 6.42 Å². The lowest BCUT2D eigenvalue weighted by Gasteiger charge is -2.57. The van der Waals surface area contributed by atoms with Crippen LogP contribution in [0.4, 0.5) is 0 Å². The number of carbonyl (C=O) groups is 2. The van der Waals surface area contributed by atoms with Crippen LogP contribution in [0.15, 0.2) is 0 Å². The number of hydrogen-bond acceptors (Lipinski definition) is 5. The predicted molar refractivity (Wildman–Crippen MR) is 86.1 cm³/mol. The summed E-state index contributed by atoms with van der Waals surface area (Å²) in [7, 11) is 0. The molecule has 0 spiro atoms. The number of nitrogens with zero attached hydrogens (tertiary/aromatic N) is 2. The number of ether oxygens (including phenoxy) is 1. The summed E-state index contributed by atoms with van der Waals surface area (Å²) in [5, 5.41) is 0. The molecular weight excluding hydrogens is 292 g/mol. The number of fused-ring (bicyclic) bond motifs is 6. The third kappa shape index (κ3) is 2.82. The van der Waals surface area contributed by atoms with Crippen LogP contribution in [0.2, 0.25) is 0 Å². The van der Waals surface area contributed by atoms with Gasteiger partial charge in [-0.1, -0.05) is 6.92 Å². The van der Waals surface area contributed by atoms with Gasteiger partial charge in [0, 0.05) is 43.9 Å². The molecule has 4 aliphatic rings. The largest absolute Gasteiger partial charge is 0.462 e. The summed E-state index contributed by atoms with van der Waals surface area (Å²) in [5.74, 6) is 0.400. The molecule has 0 aromatic heterocycles. The van der Waals surface area contributed by atoms with Crippen LogP contribution in [0.3, 0.4) is 0 Å². The van der Waals surface area contributed by atoms with E-state index in [9.17, 15) is 9.59 Å². The number of ketones is 1. The SMILES string of the molecule is CCC(=O)OC1CCN2C(C1)CC1CC2CC2C(=O)CCCN12. The Balaban J connectivity index is 1.46. The lowest BCUT2D eigenvalue weighted by Crippen LogP contribution is -2.66. The molecule has 0 radical (unpaired) electrons. The molecule has 5 nitrogen and oxygen atoms in total. The van der Waals surface area contributed by atoms with Crippen molar-refractivity contribution in [1.82, 2.24) is 9.80 Å². The maximum Gasteiger partial charge on any atom is 0.305 e. The number of Topliss-reactive ketones (excluding diaryl/α,β-unsaturated/α-hetero) is 1. The lowest BCUT2D eigenvalue weighted by molar-refractivity contribution is -0.157. The molecule has 5 heteroatoms. The minimum absolute atomic E-state index is 0.0684. The summed E-state index contributed by atoms with van der Waals surface area (Å²) in [6.07, 6.45) is 7.68. The van der Waals surface area contributed by atoms with Crippen molar-refractivity contribution in [2.75, 3.05) is 13.1 Å². The molecule has 4 aliphatic heterocycles. The molecule has 0 aromatic carbocycles. The summed E-state index contributed by atoms with van der Waals surface area (Å²) in [6, 6.07) is 1.83.